The molecular weight excluding hydrogens is 206 g/mol. The summed E-state index contributed by atoms with van der Waals surface area (Å²) in [5.41, 5.74) is 4.54. The van der Waals surface area contributed by atoms with Crippen molar-refractivity contribution < 1.29 is 0 Å². The molecule has 1 aliphatic carbocycles. The second-order valence-electron chi connectivity index (χ2n) is 6.42. The van der Waals surface area contributed by atoms with Crippen LogP contribution in [0.4, 0.5) is 5.69 Å². The molecular formula is C16H25N. The lowest BCUT2D eigenvalue weighted by Crippen LogP contribution is -2.31. The van der Waals surface area contributed by atoms with E-state index in [2.05, 4.69) is 51.2 Å². The quantitative estimate of drug-likeness (QED) is 0.779. The molecule has 1 aromatic rings. The Hall–Kier alpha value is -0.980. The van der Waals surface area contributed by atoms with E-state index in [0.29, 0.717) is 11.5 Å². The standard InChI is InChI=1S/C16H25N/c1-12-7-8-15(13(2)10-12)17-14-6-5-9-16(3,4)11-14/h7-8,10,14,17H,5-6,9,11H2,1-4H3. The van der Waals surface area contributed by atoms with Gasteiger partial charge in [0.2, 0.25) is 0 Å². The predicted molar refractivity (Wildman–Crippen MR) is 75.6 cm³/mol. The van der Waals surface area contributed by atoms with E-state index in [1.165, 1.54) is 42.5 Å². The molecule has 0 heterocycles. The first-order valence-corrected chi connectivity index (χ1v) is 6.80. The van der Waals surface area contributed by atoms with E-state index < -0.39 is 0 Å². The summed E-state index contributed by atoms with van der Waals surface area (Å²) in [4.78, 5) is 0. The zero-order valence-electron chi connectivity index (χ0n) is 11.6. The maximum absolute atomic E-state index is 3.73. The maximum Gasteiger partial charge on any atom is 0.0372 e. The van der Waals surface area contributed by atoms with E-state index in [1.54, 1.807) is 0 Å². The largest absolute Gasteiger partial charge is 0.382 e. The molecule has 1 aliphatic rings. The monoisotopic (exact) mass is 231 g/mol. The molecule has 1 fully saturated rings. The smallest absolute Gasteiger partial charge is 0.0372 e. The van der Waals surface area contributed by atoms with Crippen molar-refractivity contribution in [1.82, 2.24) is 0 Å². The molecule has 1 aromatic carbocycles. The van der Waals surface area contributed by atoms with E-state index in [4.69, 9.17) is 0 Å². The Morgan fingerprint density at radius 3 is 2.65 bits per heavy atom. The van der Waals surface area contributed by atoms with Crippen molar-refractivity contribution in [3.63, 3.8) is 0 Å². The molecule has 2 rings (SSSR count). The number of nitrogens with one attached hydrogen (secondary N) is 1. The van der Waals surface area contributed by atoms with Crippen LogP contribution < -0.4 is 5.32 Å². The van der Waals surface area contributed by atoms with Gasteiger partial charge in [-0.1, -0.05) is 38.0 Å². The fourth-order valence-corrected chi connectivity index (χ4v) is 3.02. The molecule has 1 nitrogen and oxygen atoms in total. The lowest BCUT2D eigenvalue weighted by Gasteiger charge is -2.36. The van der Waals surface area contributed by atoms with Crippen molar-refractivity contribution in [2.45, 2.75) is 59.4 Å². The molecule has 1 saturated carbocycles. The van der Waals surface area contributed by atoms with Gasteiger partial charge in [-0.2, -0.15) is 0 Å². The van der Waals surface area contributed by atoms with Crippen LogP contribution in [0.25, 0.3) is 0 Å². The van der Waals surface area contributed by atoms with Crippen LogP contribution in [0.5, 0.6) is 0 Å². The third-order valence-corrected chi connectivity index (χ3v) is 3.95. The van der Waals surface area contributed by atoms with Gasteiger partial charge >= 0.3 is 0 Å². The number of hydrogen-bond acceptors (Lipinski definition) is 1. The summed E-state index contributed by atoms with van der Waals surface area (Å²) in [6.45, 7) is 9.13. The molecule has 0 saturated heterocycles. The van der Waals surface area contributed by atoms with Crippen LogP contribution >= 0.6 is 0 Å². The second kappa shape index (κ2) is 4.72. The number of benzene rings is 1. The SMILES string of the molecule is Cc1ccc(NC2CCCC(C)(C)C2)c(C)c1. The summed E-state index contributed by atoms with van der Waals surface area (Å²) < 4.78 is 0. The molecule has 1 atom stereocenters. The summed E-state index contributed by atoms with van der Waals surface area (Å²) in [7, 11) is 0. The van der Waals surface area contributed by atoms with Crippen molar-refractivity contribution >= 4 is 5.69 Å². The summed E-state index contributed by atoms with van der Waals surface area (Å²) in [6, 6.07) is 7.34. The van der Waals surface area contributed by atoms with E-state index in [1.807, 2.05) is 0 Å². The molecule has 0 amide bonds. The van der Waals surface area contributed by atoms with Gasteiger partial charge in [-0.15, -0.1) is 0 Å². The minimum atomic E-state index is 0.508. The number of hydrogen-bond donors (Lipinski definition) is 1. The molecule has 0 aromatic heterocycles. The van der Waals surface area contributed by atoms with Crippen LogP contribution in [0.3, 0.4) is 0 Å². The second-order valence-corrected chi connectivity index (χ2v) is 6.42. The summed E-state index contributed by atoms with van der Waals surface area (Å²) >= 11 is 0. The van der Waals surface area contributed by atoms with Gasteiger partial charge in [0.05, 0.1) is 0 Å². The van der Waals surface area contributed by atoms with Gasteiger partial charge in [0.15, 0.2) is 0 Å². The highest BCUT2D eigenvalue weighted by atomic mass is 14.9. The van der Waals surface area contributed by atoms with Gasteiger partial charge in [0.25, 0.3) is 0 Å². The fraction of sp³-hybridized carbons (Fsp3) is 0.625. The molecule has 17 heavy (non-hydrogen) atoms. The van der Waals surface area contributed by atoms with Crippen LogP contribution in [-0.2, 0) is 0 Å². The van der Waals surface area contributed by atoms with Crippen LogP contribution in [0.1, 0.15) is 50.7 Å². The third kappa shape index (κ3) is 3.24. The predicted octanol–water partition coefficient (Wildman–Crippen LogP) is 4.68. The molecule has 1 unspecified atom stereocenters. The first-order chi connectivity index (χ1) is 7.96. The fourth-order valence-electron chi connectivity index (χ4n) is 3.02. The zero-order chi connectivity index (χ0) is 12.5. The average Bonchev–Trinajstić information content (AvgIpc) is 2.21. The number of anilines is 1. The molecule has 0 aliphatic heterocycles. The Balaban J connectivity index is 2.05. The normalized spacial score (nSPS) is 23.4. The van der Waals surface area contributed by atoms with Crippen molar-refractivity contribution in [2.75, 3.05) is 5.32 Å². The first kappa shape index (κ1) is 12.5. The Labute approximate surface area is 106 Å². The van der Waals surface area contributed by atoms with Crippen LogP contribution in [-0.4, -0.2) is 6.04 Å². The summed E-state index contributed by atoms with van der Waals surface area (Å²) in [5.74, 6) is 0. The van der Waals surface area contributed by atoms with E-state index in [-0.39, 0.29) is 0 Å². The van der Waals surface area contributed by atoms with E-state index >= 15 is 0 Å². The van der Waals surface area contributed by atoms with Crippen LogP contribution in [0, 0.1) is 19.3 Å². The highest BCUT2D eigenvalue weighted by Gasteiger charge is 2.27. The Morgan fingerprint density at radius 1 is 1.24 bits per heavy atom. The Morgan fingerprint density at radius 2 is 2.00 bits per heavy atom. The lowest BCUT2D eigenvalue weighted by atomic mass is 9.75. The van der Waals surface area contributed by atoms with E-state index in [9.17, 15) is 0 Å². The topological polar surface area (TPSA) is 12.0 Å². The maximum atomic E-state index is 3.73. The third-order valence-electron chi connectivity index (χ3n) is 3.95. The highest BCUT2D eigenvalue weighted by Crippen LogP contribution is 2.36. The zero-order valence-corrected chi connectivity index (χ0v) is 11.6. The van der Waals surface area contributed by atoms with Gasteiger partial charge in [0.1, 0.15) is 0 Å². The molecule has 0 bridgehead atoms. The molecule has 1 heteroatoms. The molecule has 0 spiro atoms. The minimum absolute atomic E-state index is 0.508. The first-order valence-electron chi connectivity index (χ1n) is 6.80. The van der Waals surface area contributed by atoms with Gasteiger partial charge in [-0.05, 0) is 50.2 Å². The van der Waals surface area contributed by atoms with Crippen molar-refractivity contribution in [3.05, 3.63) is 29.3 Å². The molecule has 0 radical (unpaired) electrons. The van der Waals surface area contributed by atoms with Crippen molar-refractivity contribution in [2.24, 2.45) is 5.41 Å². The molecule has 94 valence electrons. The van der Waals surface area contributed by atoms with Gasteiger partial charge in [-0.3, -0.25) is 0 Å². The summed E-state index contributed by atoms with van der Waals surface area (Å²) in [5, 5.41) is 3.73. The number of rotatable bonds is 2. The minimum Gasteiger partial charge on any atom is -0.382 e. The highest BCUT2D eigenvalue weighted by molar-refractivity contribution is 5.52. The van der Waals surface area contributed by atoms with E-state index in [0.717, 1.165) is 0 Å². The van der Waals surface area contributed by atoms with Crippen molar-refractivity contribution in [1.29, 1.82) is 0 Å². The Kier molecular flexibility index (Phi) is 3.46. The Bertz CT molecular complexity index is 393. The average molecular weight is 231 g/mol. The van der Waals surface area contributed by atoms with Crippen molar-refractivity contribution in [3.8, 4) is 0 Å². The van der Waals surface area contributed by atoms with Gasteiger partial charge in [0, 0.05) is 11.7 Å². The van der Waals surface area contributed by atoms with Gasteiger partial charge in [-0.25, -0.2) is 0 Å². The lowest BCUT2D eigenvalue weighted by molar-refractivity contribution is 0.229. The van der Waals surface area contributed by atoms with Crippen LogP contribution in [0.15, 0.2) is 18.2 Å². The van der Waals surface area contributed by atoms with Crippen LogP contribution in [0.2, 0.25) is 0 Å². The summed E-state index contributed by atoms with van der Waals surface area (Å²) in [6.07, 6.45) is 5.34. The van der Waals surface area contributed by atoms with Gasteiger partial charge < -0.3 is 5.32 Å². The molecule has 1 N–H and O–H groups in total. The number of aryl methyl sites for hydroxylation is 2.